The summed E-state index contributed by atoms with van der Waals surface area (Å²) >= 11 is 12.1. The molecule has 42 heavy (non-hydrogen) atoms. The van der Waals surface area contributed by atoms with Crippen molar-refractivity contribution in [2.45, 2.75) is 27.1 Å². The molecular formula is C33H26Cl2N2O5. The highest BCUT2D eigenvalue weighted by Crippen LogP contribution is 2.27. The molecule has 4 aromatic carbocycles. The summed E-state index contributed by atoms with van der Waals surface area (Å²) in [7, 11) is 0. The zero-order valence-corrected chi connectivity index (χ0v) is 24.3. The number of hydrogen-bond donors (Lipinski definition) is 1. The van der Waals surface area contributed by atoms with E-state index in [1.807, 2.05) is 6.07 Å². The predicted molar refractivity (Wildman–Crippen MR) is 163 cm³/mol. The minimum Gasteiger partial charge on any atom is -0.489 e. The largest absolute Gasteiger partial charge is 0.489 e. The molecule has 1 heterocycles. The fraction of sp³-hybridized carbons (Fsp3) is 0.121. The van der Waals surface area contributed by atoms with Gasteiger partial charge in [-0.1, -0.05) is 59.6 Å². The first-order valence-electron chi connectivity index (χ1n) is 13.1. The van der Waals surface area contributed by atoms with Gasteiger partial charge in [0, 0.05) is 15.6 Å². The zero-order chi connectivity index (χ0) is 29.8. The molecule has 1 fully saturated rings. The Morgan fingerprint density at radius 2 is 1.43 bits per heavy atom. The van der Waals surface area contributed by atoms with Crippen LogP contribution in [0.1, 0.15) is 27.8 Å². The van der Waals surface area contributed by atoms with Gasteiger partial charge >= 0.3 is 6.03 Å². The van der Waals surface area contributed by atoms with E-state index in [2.05, 4.69) is 31.3 Å². The number of hydrogen-bond acceptors (Lipinski definition) is 5. The topological polar surface area (TPSA) is 84.9 Å². The van der Waals surface area contributed by atoms with Gasteiger partial charge in [0.15, 0.2) is 0 Å². The van der Waals surface area contributed by atoms with Crippen LogP contribution in [0.4, 0.5) is 10.5 Å². The van der Waals surface area contributed by atoms with Gasteiger partial charge in [-0.05, 0) is 90.7 Å². The first-order valence-corrected chi connectivity index (χ1v) is 13.8. The molecule has 212 valence electrons. The van der Waals surface area contributed by atoms with Crippen molar-refractivity contribution in [3.8, 4) is 11.5 Å². The van der Waals surface area contributed by atoms with Crippen molar-refractivity contribution in [2.75, 3.05) is 4.90 Å². The van der Waals surface area contributed by atoms with Gasteiger partial charge in [0.25, 0.3) is 11.8 Å². The molecule has 4 amide bonds. The number of nitrogens with zero attached hydrogens (tertiary/aromatic N) is 1. The summed E-state index contributed by atoms with van der Waals surface area (Å²) in [4.78, 5) is 39.4. The Balaban J connectivity index is 1.26. The van der Waals surface area contributed by atoms with E-state index in [1.165, 1.54) is 17.2 Å². The molecule has 4 aromatic rings. The average molecular weight is 601 g/mol. The lowest BCUT2D eigenvalue weighted by molar-refractivity contribution is -0.122. The summed E-state index contributed by atoms with van der Waals surface area (Å²) in [5, 5.41) is 3.25. The van der Waals surface area contributed by atoms with Crippen molar-refractivity contribution >= 4 is 52.8 Å². The van der Waals surface area contributed by atoms with Crippen molar-refractivity contribution in [1.29, 1.82) is 0 Å². The number of aryl methyl sites for hydroxylation is 2. The number of barbiturate groups is 1. The summed E-state index contributed by atoms with van der Waals surface area (Å²) < 4.78 is 11.7. The number of imide groups is 2. The molecule has 1 N–H and O–H groups in total. The second-order valence-corrected chi connectivity index (χ2v) is 10.6. The van der Waals surface area contributed by atoms with Crippen LogP contribution in [-0.2, 0) is 22.8 Å². The van der Waals surface area contributed by atoms with E-state index >= 15 is 0 Å². The van der Waals surface area contributed by atoms with E-state index in [0.29, 0.717) is 33.7 Å². The first-order chi connectivity index (χ1) is 20.2. The number of amides is 4. The van der Waals surface area contributed by atoms with Crippen LogP contribution in [0.25, 0.3) is 6.08 Å². The van der Waals surface area contributed by atoms with Crippen molar-refractivity contribution in [3.63, 3.8) is 0 Å². The van der Waals surface area contributed by atoms with Gasteiger partial charge in [0.2, 0.25) is 0 Å². The van der Waals surface area contributed by atoms with Crippen LogP contribution in [-0.4, -0.2) is 17.8 Å². The third-order valence-electron chi connectivity index (χ3n) is 6.77. The number of anilines is 1. The molecule has 0 saturated carbocycles. The number of ether oxygens (including phenoxy) is 2. The smallest absolute Gasteiger partial charge is 0.335 e. The Morgan fingerprint density at radius 3 is 2.10 bits per heavy atom. The summed E-state index contributed by atoms with van der Waals surface area (Å²) in [6.07, 6.45) is 1.44. The van der Waals surface area contributed by atoms with Crippen LogP contribution in [0, 0.1) is 13.8 Å². The van der Waals surface area contributed by atoms with E-state index in [1.54, 1.807) is 66.7 Å². The molecule has 0 aromatic heterocycles. The van der Waals surface area contributed by atoms with Crippen LogP contribution < -0.4 is 19.7 Å². The SMILES string of the molecule is Cc1ccc(COc2ccc(/C=C3\C(=O)NC(=O)N(c4ccc(OCc5ccc(Cl)cc5Cl)cc4)C3=O)cc2)cc1C. The third kappa shape index (κ3) is 6.65. The van der Waals surface area contributed by atoms with Gasteiger partial charge in [-0.3, -0.25) is 14.9 Å². The maximum atomic E-state index is 13.3. The fourth-order valence-electron chi connectivity index (χ4n) is 4.27. The molecule has 1 aliphatic rings. The highest BCUT2D eigenvalue weighted by atomic mass is 35.5. The van der Waals surface area contributed by atoms with E-state index in [-0.39, 0.29) is 17.9 Å². The molecule has 9 heteroatoms. The number of halogens is 2. The molecule has 0 unspecified atom stereocenters. The van der Waals surface area contributed by atoms with Gasteiger partial charge in [-0.2, -0.15) is 0 Å². The molecule has 7 nitrogen and oxygen atoms in total. The van der Waals surface area contributed by atoms with Crippen molar-refractivity contribution in [1.82, 2.24) is 5.32 Å². The second-order valence-electron chi connectivity index (χ2n) is 9.75. The lowest BCUT2D eigenvalue weighted by Gasteiger charge is -2.26. The van der Waals surface area contributed by atoms with E-state index in [0.717, 1.165) is 16.0 Å². The monoisotopic (exact) mass is 600 g/mol. The lowest BCUT2D eigenvalue weighted by atomic mass is 10.1. The van der Waals surface area contributed by atoms with Gasteiger partial charge in [0.1, 0.15) is 30.3 Å². The van der Waals surface area contributed by atoms with Gasteiger partial charge < -0.3 is 9.47 Å². The Bertz CT molecular complexity index is 1700. The van der Waals surface area contributed by atoms with E-state index < -0.39 is 17.8 Å². The number of nitrogens with one attached hydrogen (secondary N) is 1. The molecule has 1 aliphatic heterocycles. The molecular weight excluding hydrogens is 575 g/mol. The number of carbonyl (C=O) groups excluding carboxylic acids is 3. The van der Waals surface area contributed by atoms with Crippen LogP contribution in [0.3, 0.4) is 0 Å². The average Bonchev–Trinajstić information content (AvgIpc) is 2.96. The number of urea groups is 1. The summed E-state index contributed by atoms with van der Waals surface area (Å²) in [5.74, 6) is -0.356. The molecule has 0 radical (unpaired) electrons. The third-order valence-corrected chi connectivity index (χ3v) is 7.36. The molecule has 0 aliphatic carbocycles. The minimum absolute atomic E-state index is 0.170. The molecule has 0 bridgehead atoms. The van der Waals surface area contributed by atoms with Crippen LogP contribution in [0.2, 0.25) is 10.0 Å². The standard InChI is InChI=1S/C33H26Cl2N2O5/c1-20-3-4-23(15-21(20)2)18-41-27-11-5-22(6-12-27)16-29-31(38)36-33(40)37(32(29)39)26-9-13-28(14-10-26)42-19-24-7-8-25(34)17-30(24)35/h3-17H,18-19H2,1-2H3,(H,36,38,40)/b29-16+. The fourth-order valence-corrected chi connectivity index (χ4v) is 4.73. The van der Waals surface area contributed by atoms with E-state index in [9.17, 15) is 14.4 Å². The number of benzene rings is 4. The van der Waals surface area contributed by atoms with Crippen LogP contribution in [0.5, 0.6) is 11.5 Å². The maximum absolute atomic E-state index is 13.3. The van der Waals surface area contributed by atoms with Crippen molar-refractivity contribution in [2.24, 2.45) is 0 Å². The summed E-state index contributed by atoms with van der Waals surface area (Å²) in [5.41, 5.74) is 4.95. The van der Waals surface area contributed by atoms with Crippen LogP contribution >= 0.6 is 23.2 Å². The Hall–Kier alpha value is -4.59. The second kappa shape index (κ2) is 12.5. The van der Waals surface area contributed by atoms with Gasteiger partial charge in [-0.15, -0.1) is 0 Å². The summed E-state index contributed by atoms with van der Waals surface area (Å²) in [6, 6.07) is 23.8. The van der Waals surface area contributed by atoms with Crippen LogP contribution in [0.15, 0.2) is 90.5 Å². The predicted octanol–water partition coefficient (Wildman–Crippen LogP) is 7.43. The summed E-state index contributed by atoms with van der Waals surface area (Å²) in [6.45, 7) is 4.74. The molecule has 1 saturated heterocycles. The first kappa shape index (κ1) is 28.9. The lowest BCUT2D eigenvalue weighted by Crippen LogP contribution is -2.54. The quantitative estimate of drug-likeness (QED) is 0.168. The Morgan fingerprint density at radius 1 is 0.762 bits per heavy atom. The zero-order valence-electron chi connectivity index (χ0n) is 22.8. The maximum Gasteiger partial charge on any atom is 0.335 e. The van der Waals surface area contributed by atoms with Gasteiger partial charge in [-0.25, -0.2) is 9.69 Å². The molecule has 5 rings (SSSR count). The normalized spacial score (nSPS) is 14.2. The molecule has 0 spiro atoms. The van der Waals surface area contributed by atoms with Gasteiger partial charge in [0.05, 0.1) is 5.69 Å². The Labute approximate surface area is 253 Å². The highest BCUT2D eigenvalue weighted by Gasteiger charge is 2.36. The molecule has 0 atom stereocenters. The van der Waals surface area contributed by atoms with E-state index in [4.69, 9.17) is 32.7 Å². The number of carbonyl (C=O) groups is 3. The van der Waals surface area contributed by atoms with Crippen molar-refractivity contribution in [3.05, 3.63) is 128 Å². The van der Waals surface area contributed by atoms with Crippen molar-refractivity contribution < 1.29 is 23.9 Å². The minimum atomic E-state index is -0.834. The highest BCUT2D eigenvalue weighted by molar-refractivity contribution is 6.39. The number of rotatable bonds is 8. The Kier molecular flexibility index (Phi) is 8.61.